The van der Waals surface area contributed by atoms with Crippen molar-refractivity contribution in [3.05, 3.63) is 35.9 Å². The van der Waals surface area contributed by atoms with E-state index in [1.807, 2.05) is 0 Å². The lowest BCUT2D eigenvalue weighted by Crippen LogP contribution is -2.45. The van der Waals surface area contributed by atoms with E-state index < -0.39 is 23.1 Å². The van der Waals surface area contributed by atoms with E-state index >= 15 is 0 Å². The molecule has 5 nitrogen and oxygen atoms in total. The maximum absolute atomic E-state index is 12.0. The van der Waals surface area contributed by atoms with Crippen molar-refractivity contribution in [2.45, 2.75) is 12.3 Å². The van der Waals surface area contributed by atoms with Gasteiger partial charge in [0.1, 0.15) is 6.61 Å². The van der Waals surface area contributed by atoms with Crippen molar-refractivity contribution in [3.63, 3.8) is 0 Å². The third-order valence-electron chi connectivity index (χ3n) is 2.88. The number of ether oxygens (including phenoxy) is 2. The van der Waals surface area contributed by atoms with Gasteiger partial charge in [-0.1, -0.05) is 30.3 Å². The van der Waals surface area contributed by atoms with Gasteiger partial charge in [-0.15, -0.1) is 0 Å². The molecule has 0 spiro atoms. The minimum absolute atomic E-state index is 0.134. The van der Waals surface area contributed by atoms with Crippen molar-refractivity contribution in [1.82, 2.24) is 0 Å². The van der Waals surface area contributed by atoms with Crippen molar-refractivity contribution in [2.75, 3.05) is 13.2 Å². The molecule has 1 atom stereocenters. The molecule has 1 aromatic rings. The van der Waals surface area contributed by atoms with Crippen molar-refractivity contribution in [2.24, 2.45) is 0 Å². The summed E-state index contributed by atoms with van der Waals surface area (Å²) >= 11 is 0. The van der Waals surface area contributed by atoms with E-state index in [2.05, 4.69) is 0 Å². The van der Waals surface area contributed by atoms with Gasteiger partial charge in [-0.05, 0) is 12.5 Å². The molecule has 1 aromatic carbocycles. The fraction of sp³-hybridized carbons (Fsp3) is 0.308. The first-order valence-corrected chi connectivity index (χ1v) is 5.57. The Bertz CT molecular complexity index is 493. The number of Topliss-reactive ketones (excluding diaryl/α,β-unsaturated/α-hetero) is 1. The maximum atomic E-state index is 12.0. The lowest BCUT2D eigenvalue weighted by atomic mass is 9.79. The highest BCUT2D eigenvalue weighted by Gasteiger charge is 2.58. The number of carbonyl (C=O) groups excluding carboxylic acids is 3. The van der Waals surface area contributed by atoms with Gasteiger partial charge in [0, 0.05) is 0 Å². The monoisotopic (exact) mass is 248 g/mol. The van der Waals surface area contributed by atoms with E-state index in [0.717, 1.165) is 0 Å². The number of rotatable bonds is 3. The van der Waals surface area contributed by atoms with Gasteiger partial charge in [-0.3, -0.25) is 9.59 Å². The van der Waals surface area contributed by atoms with Gasteiger partial charge < -0.3 is 9.47 Å². The summed E-state index contributed by atoms with van der Waals surface area (Å²) in [5.74, 6) is -2.61. The SMILES string of the molecule is CCOC(=O)C1(c2ccccc2)COC(=O)C1=O. The van der Waals surface area contributed by atoms with Crippen LogP contribution in [0.5, 0.6) is 0 Å². The number of hydrogen-bond donors (Lipinski definition) is 0. The van der Waals surface area contributed by atoms with Crippen molar-refractivity contribution >= 4 is 17.7 Å². The summed E-state index contributed by atoms with van der Waals surface area (Å²) in [5, 5.41) is 0. The molecule has 0 amide bonds. The largest absolute Gasteiger partial charge is 0.465 e. The van der Waals surface area contributed by atoms with Crippen LogP contribution in [0.2, 0.25) is 0 Å². The topological polar surface area (TPSA) is 69.7 Å². The van der Waals surface area contributed by atoms with Crippen molar-refractivity contribution in [1.29, 1.82) is 0 Å². The molecule has 0 aromatic heterocycles. The summed E-state index contributed by atoms with van der Waals surface area (Å²) in [7, 11) is 0. The van der Waals surface area contributed by atoms with Crippen LogP contribution >= 0.6 is 0 Å². The summed E-state index contributed by atoms with van der Waals surface area (Å²) in [6.45, 7) is 1.47. The fourth-order valence-corrected chi connectivity index (χ4v) is 1.94. The standard InChI is InChI=1S/C13H12O5/c1-2-17-12(16)13(8-18-11(15)10(13)14)9-6-4-3-5-7-9/h3-7H,2,8H2,1H3. The highest BCUT2D eigenvalue weighted by molar-refractivity contribution is 6.44. The van der Waals surface area contributed by atoms with Crippen LogP contribution in [-0.2, 0) is 29.3 Å². The highest BCUT2D eigenvalue weighted by Crippen LogP contribution is 2.32. The third kappa shape index (κ3) is 1.68. The Kier molecular flexibility index (Phi) is 3.14. The quantitative estimate of drug-likeness (QED) is 0.445. The zero-order valence-corrected chi connectivity index (χ0v) is 9.84. The van der Waals surface area contributed by atoms with Gasteiger partial charge in [-0.2, -0.15) is 0 Å². The molecule has 0 bridgehead atoms. The van der Waals surface area contributed by atoms with Gasteiger partial charge in [0.2, 0.25) is 0 Å². The minimum atomic E-state index is -1.64. The average molecular weight is 248 g/mol. The molecular weight excluding hydrogens is 236 g/mol. The van der Waals surface area contributed by atoms with Crippen LogP contribution in [0, 0.1) is 0 Å². The summed E-state index contributed by atoms with van der Waals surface area (Å²) in [5.41, 5.74) is -1.23. The first-order chi connectivity index (χ1) is 8.63. The Morgan fingerprint density at radius 3 is 2.50 bits per heavy atom. The van der Waals surface area contributed by atoms with E-state index in [-0.39, 0.29) is 13.2 Å². The number of hydrogen-bond acceptors (Lipinski definition) is 5. The Morgan fingerprint density at radius 1 is 1.33 bits per heavy atom. The predicted octanol–water partition coefficient (Wildman–Crippen LogP) is 0.613. The van der Waals surface area contributed by atoms with Crippen LogP contribution in [0.25, 0.3) is 0 Å². The van der Waals surface area contributed by atoms with Crippen molar-refractivity contribution in [3.8, 4) is 0 Å². The Morgan fingerprint density at radius 2 is 2.00 bits per heavy atom. The number of esters is 2. The molecule has 1 aliphatic rings. The normalized spacial score (nSPS) is 22.7. The number of benzene rings is 1. The van der Waals surface area contributed by atoms with Crippen LogP contribution in [-0.4, -0.2) is 30.9 Å². The predicted molar refractivity (Wildman–Crippen MR) is 60.7 cm³/mol. The maximum Gasteiger partial charge on any atom is 0.376 e. The van der Waals surface area contributed by atoms with Crippen LogP contribution in [0.4, 0.5) is 0 Å². The summed E-state index contributed by atoms with van der Waals surface area (Å²) in [4.78, 5) is 35.3. The van der Waals surface area contributed by atoms with Gasteiger partial charge in [0.05, 0.1) is 6.61 Å². The van der Waals surface area contributed by atoms with E-state index in [4.69, 9.17) is 9.47 Å². The van der Waals surface area contributed by atoms with E-state index in [1.165, 1.54) is 0 Å². The smallest absolute Gasteiger partial charge is 0.376 e. The van der Waals surface area contributed by atoms with Gasteiger partial charge in [-0.25, -0.2) is 4.79 Å². The van der Waals surface area contributed by atoms with Gasteiger partial charge in [0.25, 0.3) is 5.78 Å². The molecule has 0 aliphatic carbocycles. The first kappa shape index (κ1) is 12.3. The Balaban J connectivity index is 2.51. The zero-order chi connectivity index (χ0) is 13.2. The molecule has 1 aliphatic heterocycles. The Labute approximate surface area is 104 Å². The summed E-state index contributed by atoms with van der Waals surface area (Å²) in [6.07, 6.45) is 0. The Hall–Kier alpha value is -2.17. The zero-order valence-electron chi connectivity index (χ0n) is 9.84. The molecule has 0 N–H and O–H groups in total. The molecule has 2 rings (SSSR count). The number of cyclic esters (lactones) is 1. The molecule has 18 heavy (non-hydrogen) atoms. The van der Waals surface area contributed by atoms with Gasteiger partial charge >= 0.3 is 11.9 Å². The first-order valence-electron chi connectivity index (χ1n) is 5.57. The summed E-state index contributed by atoms with van der Waals surface area (Å²) in [6, 6.07) is 8.34. The average Bonchev–Trinajstić information content (AvgIpc) is 2.69. The second-order valence-electron chi connectivity index (χ2n) is 3.90. The molecule has 1 fully saturated rings. The van der Waals surface area contributed by atoms with Crippen LogP contribution < -0.4 is 0 Å². The second kappa shape index (κ2) is 4.60. The molecule has 94 valence electrons. The van der Waals surface area contributed by atoms with Crippen LogP contribution in [0.15, 0.2) is 30.3 Å². The lowest BCUT2D eigenvalue weighted by Gasteiger charge is -2.22. The number of ketones is 1. The molecule has 5 heteroatoms. The highest BCUT2D eigenvalue weighted by atomic mass is 16.6. The molecule has 1 unspecified atom stereocenters. The lowest BCUT2D eigenvalue weighted by molar-refractivity contribution is -0.154. The second-order valence-corrected chi connectivity index (χ2v) is 3.90. The minimum Gasteiger partial charge on any atom is -0.465 e. The molecule has 0 radical (unpaired) electrons. The van der Waals surface area contributed by atoms with Gasteiger partial charge in [0.15, 0.2) is 5.41 Å². The number of carbonyl (C=O) groups is 3. The molecule has 1 heterocycles. The molecule has 1 saturated heterocycles. The molecular formula is C13H12O5. The van der Waals surface area contributed by atoms with E-state index in [0.29, 0.717) is 5.56 Å². The third-order valence-corrected chi connectivity index (χ3v) is 2.88. The van der Waals surface area contributed by atoms with Crippen LogP contribution in [0.1, 0.15) is 12.5 Å². The van der Waals surface area contributed by atoms with Crippen LogP contribution in [0.3, 0.4) is 0 Å². The van der Waals surface area contributed by atoms with E-state index in [9.17, 15) is 14.4 Å². The van der Waals surface area contributed by atoms with E-state index in [1.54, 1.807) is 37.3 Å². The van der Waals surface area contributed by atoms with Crippen molar-refractivity contribution < 1.29 is 23.9 Å². The molecule has 0 saturated carbocycles. The fourth-order valence-electron chi connectivity index (χ4n) is 1.94. The summed E-state index contributed by atoms with van der Waals surface area (Å²) < 4.78 is 9.62.